The minimum Gasteiger partial charge on any atom is -0.423 e. The molecule has 1 aliphatic heterocycles. The van der Waals surface area contributed by atoms with Crippen molar-refractivity contribution in [3.05, 3.63) is 52.4 Å². The Hall–Kier alpha value is -2.96. The van der Waals surface area contributed by atoms with Crippen LogP contribution in [0.1, 0.15) is 17.8 Å². The average molecular weight is 324 g/mol. The van der Waals surface area contributed by atoms with E-state index in [9.17, 15) is 9.59 Å². The highest BCUT2D eigenvalue weighted by Gasteiger charge is 2.25. The van der Waals surface area contributed by atoms with Crippen molar-refractivity contribution in [1.82, 2.24) is 14.8 Å². The van der Waals surface area contributed by atoms with Crippen molar-refractivity contribution in [2.75, 3.05) is 5.32 Å². The number of anilines is 1. The van der Waals surface area contributed by atoms with Crippen LogP contribution in [0.4, 0.5) is 5.69 Å². The molecule has 24 heavy (non-hydrogen) atoms. The standard InChI is InChI=1S/C17H16N4O3/c1-10-6-16(22)24-14-7-12(3-4-13(10)14)20-17(23)11-2-5-15-18-9-19-21(15)8-11/h3-4,6-7,9,11H,2,5,8H2,1H3,(H,20,23). The van der Waals surface area contributed by atoms with Gasteiger partial charge in [-0.25, -0.2) is 14.5 Å². The first-order valence-corrected chi connectivity index (χ1v) is 7.82. The molecule has 0 radical (unpaired) electrons. The molecule has 7 nitrogen and oxygen atoms in total. The summed E-state index contributed by atoms with van der Waals surface area (Å²) in [6.07, 6.45) is 3.00. The molecule has 3 aromatic rings. The van der Waals surface area contributed by atoms with Crippen molar-refractivity contribution in [3.8, 4) is 0 Å². The number of hydrogen-bond acceptors (Lipinski definition) is 5. The van der Waals surface area contributed by atoms with Gasteiger partial charge in [0, 0.05) is 29.6 Å². The van der Waals surface area contributed by atoms with Gasteiger partial charge in [0.25, 0.3) is 0 Å². The van der Waals surface area contributed by atoms with E-state index in [-0.39, 0.29) is 11.8 Å². The van der Waals surface area contributed by atoms with Crippen LogP contribution >= 0.6 is 0 Å². The number of carbonyl (C=O) groups excluding carboxylic acids is 1. The van der Waals surface area contributed by atoms with Gasteiger partial charge in [-0.1, -0.05) is 0 Å². The van der Waals surface area contributed by atoms with Crippen LogP contribution in [0.3, 0.4) is 0 Å². The second-order valence-electron chi connectivity index (χ2n) is 6.04. The minimum atomic E-state index is -0.394. The van der Waals surface area contributed by atoms with Crippen LogP contribution in [0.25, 0.3) is 11.0 Å². The summed E-state index contributed by atoms with van der Waals surface area (Å²) < 4.78 is 6.99. The van der Waals surface area contributed by atoms with E-state index in [4.69, 9.17) is 4.42 Å². The van der Waals surface area contributed by atoms with Gasteiger partial charge in [-0.2, -0.15) is 5.10 Å². The van der Waals surface area contributed by atoms with Gasteiger partial charge in [0.2, 0.25) is 5.91 Å². The SMILES string of the molecule is Cc1cc(=O)oc2cc(NC(=O)C3CCc4ncnn4C3)ccc12. The van der Waals surface area contributed by atoms with E-state index in [2.05, 4.69) is 15.4 Å². The maximum absolute atomic E-state index is 12.5. The van der Waals surface area contributed by atoms with Gasteiger partial charge in [-0.3, -0.25) is 4.79 Å². The van der Waals surface area contributed by atoms with Crippen LogP contribution in [0.15, 0.2) is 39.8 Å². The van der Waals surface area contributed by atoms with Crippen LogP contribution in [0, 0.1) is 12.8 Å². The minimum absolute atomic E-state index is 0.0644. The third-order valence-corrected chi connectivity index (χ3v) is 4.40. The number of aryl methyl sites for hydroxylation is 2. The van der Waals surface area contributed by atoms with E-state index < -0.39 is 5.63 Å². The Labute approximate surface area is 137 Å². The fourth-order valence-corrected chi connectivity index (χ4v) is 3.10. The Bertz CT molecular complexity index is 989. The highest BCUT2D eigenvalue weighted by molar-refractivity contribution is 5.95. The molecule has 7 heteroatoms. The zero-order valence-corrected chi connectivity index (χ0v) is 13.2. The molecular formula is C17H16N4O3. The number of hydrogen-bond donors (Lipinski definition) is 1. The molecule has 0 fully saturated rings. The molecular weight excluding hydrogens is 308 g/mol. The molecule has 1 amide bonds. The molecule has 122 valence electrons. The first-order chi connectivity index (χ1) is 11.6. The Morgan fingerprint density at radius 3 is 3.12 bits per heavy atom. The first kappa shape index (κ1) is 14.6. The molecule has 1 atom stereocenters. The summed E-state index contributed by atoms with van der Waals surface area (Å²) in [5, 5.41) is 7.89. The normalized spacial score (nSPS) is 16.8. The van der Waals surface area contributed by atoms with E-state index in [1.165, 1.54) is 12.4 Å². The highest BCUT2D eigenvalue weighted by atomic mass is 16.4. The van der Waals surface area contributed by atoms with Crippen molar-refractivity contribution >= 4 is 22.6 Å². The zero-order valence-electron chi connectivity index (χ0n) is 13.2. The predicted octanol–water partition coefficient (Wildman–Crippen LogP) is 1.89. The van der Waals surface area contributed by atoms with Gasteiger partial charge in [0.1, 0.15) is 17.7 Å². The topological polar surface area (TPSA) is 90.0 Å². The molecule has 4 rings (SSSR count). The third-order valence-electron chi connectivity index (χ3n) is 4.40. The lowest BCUT2D eigenvalue weighted by Gasteiger charge is -2.21. The molecule has 0 spiro atoms. The number of nitrogens with zero attached hydrogens (tertiary/aromatic N) is 3. The van der Waals surface area contributed by atoms with E-state index in [0.29, 0.717) is 17.8 Å². The molecule has 3 heterocycles. The van der Waals surface area contributed by atoms with E-state index in [1.54, 1.807) is 10.7 Å². The van der Waals surface area contributed by atoms with E-state index in [1.807, 2.05) is 19.1 Å². The summed E-state index contributed by atoms with van der Waals surface area (Å²) in [6, 6.07) is 6.81. The number of aromatic nitrogens is 3. The second-order valence-corrected chi connectivity index (χ2v) is 6.04. The summed E-state index contributed by atoms with van der Waals surface area (Å²) in [7, 11) is 0. The molecule has 0 aliphatic carbocycles. The van der Waals surface area contributed by atoms with Gasteiger partial charge in [0.15, 0.2) is 0 Å². The van der Waals surface area contributed by atoms with E-state index >= 15 is 0 Å². The lowest BCUT2D eigenvalue weighted by molar-refractivity contribution is -0.120. The molecule has 1 N–H and O–H groups in total. The Kier molecular flexibility index (Phi) is 3.41. The zero-order chi connectivity index (χ0) is 16.7. The van der Waals surface area contributed by atoms with Crippen LogP contribution in [-0.2, 0) is 17.8 Å². The number of benzene rings is 1. The number of rotatable bonds is 2. The number of carbonyl (C=O) groups is 1. The van der Waals surface area contributed by atoms with Crippen molar-refractivity contribution in [3.63, 3.8) is 0 Å². The van der Waals surface area contributed by atoms with Gasteiger partial charge < -0.3 is 9.73 Å². The van der Waals surface area contributed by atoms with Crippen molar-refractivity contribution in [1.29, 1.82) is 0 Å². The van der Waals surface area contributed by atoms with Crippen LogP contribution < -0.4 is 10.9 Å². The van der Waals surface area contributed by atoms with Crippen LogP contribution in [-0.4, -0.2) is 20.7 Å². The monoisotopic (exact) mass is 324 g/mol. The predicted molar refractivity (Wildman–Crippen MR) is 87.7 cm³/mol. The fraction of sp³-hybridized carbons (Fsp3) is 0.294. The largest absolute Gasteiger partial charge is 0.423 e. The quantitative estimate of drug-likeness (QED) is 0.727. The van der Waals surface area contributed by atoms with Gasteiger partial charge in [-0.15, -0.1) is 0 Å². The maximum Gasteiger partial charge on any atom is 0.336 e. The molecule has 1 unspecified atom stereocenters. The number of amides is 1. The lowest BCUT2D eigenvalue weighted by atomic mass is 9.98. The van der Waals surface area contributed by atoms with Crippen LogP contribution in [0.5, 0.6) is 0 Å². The first-order valence-electron chi connectivity index (χ1n) is 7.82. The summed E-state index contributed by atoms with van der Waals surface area (Å²) >= 11 is 0. The molecule has 2 aromatic heterocycles. The molecule has 0 saturated carbocycles. The van der Waals surface area contributed by atoms with Gasteiger partial charge in [-0.05, 0) is 31.0 Å². The summed E-state index contributed by atoms with van der Waals surface area (Å²) in [5.41, 5.74) is 1.55. The molecule has 0 bridgehead atoms. The number of fused-ring (bicyclic) bond motifs is 2. The van der Waals surface area contributed by atoms with Gasteiger partial charge >= 0.3 is 5.63 Å². The summed E-state index contributed by atoms with van der Waals surface area (Å²) in [5.74, 6) is 0.701. The second kappa shape index (κ2) is 5.59. The Balaban J connectivity index is 1.56. The smallest absolute Gasteiger partial charge is 0.336 e. The van der Waals surface area contributed by atoms with Gasteiger partial charge in [0.05, 0.1) is 12.5 Å². The van der Waals surface area contributed by atoms with Crippen molar-refractivity contribution < 1.29 is 9.21 Å². The van der Waals surface area contributed by atoms with Crippen molar-refractivity contribution in [2.24, 2.45) is 5.92 Å². The lowest BCUT2D eigenvalue weighted by Crippen LogP contribution is -2.31. The fourth-order valence-electron chi connectivity index (χ4n) is 3.10. The molecule has 1 aliphatic rings. The molecule has 1 aromatic carbocycles. The van der Waals surface area contributed by atoms with Crippen molar-refractivity contribution in [2.45, 2.75) is 26.3 Å². The summed E-state index contributed by atoms with van der Waals surface area (Å²) in [6.45, 7) is 2.39. The summed E-state index contributed by atoms with van der Waals surface area (Å²) in [4.78, 5) is 28.2. The third kappa shape index (κ3) is 2.58. The molecule has 0 saturated heterocycles. The Morgan fingerprint density at radius 1 is 1.38 bits per heavy atom. The number of nitrogens with one attached hydrogen (secondary N) is 1. The highest BCUT2D eigenvalue weighted by Crippen LogP contribution is 2.23. The maximum atomic E-state index is 12.5. The van der Waals surface area contributed by atoms with Crippen LogP contribution in [0.2, 0.25) is 0 Å². The van der Waals surface area contributed by atoms with E-state index in [0.717, 1.165) is 29.6 Å². The average Bonchev–Trinajstić information content (AvgIpc) is 3.01. The Morgan fingerprint density at radius 2 is 2.25 bits per heavy atom.